The smallest absolute Gasteiger partial charge is 0.170 e. The maximum absolute atomic E-state index is 6.23. The molecule has 0 saturated carbocycles. The van der Waals surface area contributed by atoms with E-state index in [1.807, 2.05) is 24.3 Å². The lowest BCUT2D eigenvalue weighted by atomic mass is 10.1. The number of fused-ring (bicyclic) bond motifs is 4. The van der Waals surface area contributed by atoms with Crippen molar-refractivity contribution in [2.45, 2.75) is 0 Å². The zero-order chi connectivity index (χ0) is 17.7. The van der Waals surface area contributed by atoms with E-state index >= 15 is 0 Å². The maximum atomic E-state index is 6.23. The lowest BCUT2D eigenvalue weighted by Gasteiger charge is -2.22. The molecule has 4 heterocycles. The van der Waals surface area contributed by atoms with Gasteiger partial charge in [0.1, 0.15) is 5.69 Å². The number of pyridine rings is 3. The number of rotatable bonds is 1. The molecule has 0 unspecified atom stereocenters. The van der Waals surface area contributed by atoms with E-state index in [4.69, 9.17) is 27.9 Å². The summed E-state index contributed by atoms with van der Waals surface area (Å²) in [6.45, 7) is 0. The third-order valence-electron chi connectivity index (χ3n) is 4.12. The van der Waals surface area contributed by atoms with Crippen molar-refractivity contribution in [3.8, 4) is 22.9 Å². The second kappa shape index (κ2) is 5.83. The largest absolute Gasteiger partial charge is 0.451 e. The molecule has 0 fully saturated rings. The fraction of sp³-hybridized carbons (Fsp3) is 0. The number of aromatic nitrogens is 3. The molecule has 4 aromatic rings. The Bertz CT molecular complexity index is 1180. The van der Waals surface area contributed by atoms with E-state index < -0.39 is 0 Å². The van der Waals surface area contributed by atoms with Gasteiger partial charge in [0, 0.05) is 22.7 Å². The fourth-order valence-corrected chi connectivity index (χ4v) is 3.29. The highest BCUT2D eigenvalue weighted by Crippen LogP contribution is 2.45. The number of nitrogens with one attached hydrogen (secondary N) is 1. The summed E-state index contributed by atoms with van der Waals surface area (Å²) in [5.41, 5.74) is 3.53. The Hall–Kier alpha value is -2.89. The number of anilines is 2. The molecule has 1 N–H and O–H groups in total. The van der Waals surface area contributed by atoms with Gasteiger partial charge in [-0.25, -0.2) is 9.97 Å². The molecule has 0 saturated heterocycles. The zero-order valence-electron chi connectivity index (χ0n) is 13.2. The lowest BCUT2D eigenvalue weighted by Crippen LogP contribution is -2.04. The summed E-state index contributed by atoms with van der Waals surface area (Å²) in [7, 11) is 0. The van der Waals surface area contributed by atoms with Crippen molar-refractivity contribution in [2.75, 3.05) is 5.32 Å². The van der Waals surface area contributed by atoms with Crippen LogP contribution in [-0.2, 0) is 0 Å². The van der Waals surface area contributed by atoms with Crippen molar-refractivity contribution < 1.29 is 4.74 Å². The molecule has 5 rings (SSSR count). The van der Waals surface area contributed by atoms with Crippen LogP contribution in [0.1, 0.15) is 0 Å². The topological polar surface area (TPSA) is 59.9 Å². The van der Waals surface area contributed by atoms with Crippen LogP contribution in [0.3, 0.4) is 0 Å². The Morgan fingerprint density at radius 3 is 2.77 bits per heavy atom. The first-order chi connectivity index (χ1) is 12.7. The fourth-order valence-electron chi connectivity index (χ4n) is 2.91. The molecule has 126 valence electrons. The Balaban J connectivity index is 1.64. The average Bonchev–Trinajstić information content (AvgIpc) is 2.66. The molecular formula is C19H10Cl2N4O. The summed E-state index contributed by atoms with van der Waals surface area (Å²) in [6.07, 6.45) is 3.33. The van der Waals surface area contributed by atoms with Crippen molar-refractivity contribution in [3.63, 3.8) is 0 Å². The van der Waals surface area contributed by atoms with Gasteiger partial charge in [0.05, 0.1) is 28.3 Å². The Morgan fingerprint density at radius 1 is 0.962 bits per heavy atom. The molecule has 1 aromatic carbocycles. The number of benzene rings is 1. The predicted molar refractivity (Wildman–Crippen MR) is 103 cm³/mol. The third kappa shape index (κ3) is 2.44. The normalized spacial score (nSPS) is 12.1. The minimum absolute atomic E-state index is 0.546. The zero-order valence-corrected chi connectivity index (χ0v) is 14.7. The molecule has 0 amide bonds. The molecule has 1 aliphatic rings. The van der Waals surface area contributed by atoms with Crippen molar-refractivity contribution in [1.29, 1.82) is 0 Å². The van der Waals surface area contributed by atoms with Crippen LogP contribution < -0.4 is 10.1 Å². The molecular weight excluding hydrogens is 371 g/mol. The van der Waals surface area contributed by atoms with E-state index in [0.717, 1.165) is 16.8 Å². The van der Waals surface area contributed by atoms with Crippen molar-refractivity contribution >= 4 is 45.6 Å². The van der Waals surface area contributed by atoms with E-state index in [9.17, 15) is 0 Å². The number of ether oxygens (including phenoxy) is 1. The summed E-state index contributed by atoms with van der Waals surface area (Å²) in [5, 5.41) is 5.38. The van der Waals surface area contributed by atoms with E-state index in [-0.39, 0.29) is 0 Å². The molecule has 1 aliphatic heterocycles. The number of hydrogen-bond donors (Lipinski definition) is 1. The Kier molecular flexibility index (Phi) is 3.45. The van der Waals surface area contributed by atoms with Crippen LogP contribution in [0.4, 0.5) is 11.4 Å². The van der Waals surface area contributed by atoms with Crippen molar-refractivity contribution in [2.24, 2.45) is 0 Å². The predicted octanol–water partition coefficient (Wildman–Crippen LogP) is 5.85. The highest BCUT2D eigenvalue weighted by molar-refractivity contribution is 6.33. The quantitative estimate of drug-likeness (QED) is 0.395. The SMILES string of the molecule is Clc1ccc2c(c1)Oc1cnc3nc(-c4ncccc4Cl)ccc3c1N2. The van der Waals surface area contributed by atoms with Crippen LogP contribution in [0.15, 0.2) is 54.9 Å². The van der Waals surface area contributed by atoms with Gasteiger partial charge in [-0.05, 0) is 36.4 Å². The first-order valence-corrected chi connectivity index (χ1v) is 8.60. The average molecular weight is 381 g/mol. The van der Waals surface area contributed by atoms with Gasteiger partial charge in [0.2, 0.25) is 0 Å². The van der Waals surface area contributed by atoms with Gasteiger partial charge >= 0.3 is 0 Å². The standard InChI is InChI=1S/C19H10Cl2N4O/c20-10-3-5-13-15(8-10)26-16-9-23-19-11(17(16)24-13)4-6-14(25-19)18-12(21)2-1-7-22-18/h1-9,24H. The Labute approximate surface area is 158 Å². The summed E-state index contributed by atoms with van der Waals surface area (Å²) in [4.78, 5) is 13.3. The molecule has 0 aliphatic carbocycles. The highest BCUT2D eigenvalue weighted by Gasteiger charge is 2.20. The van der Waals surface area contributed by atoms with Crippen LogP contribution in [-0.4, -0.2) is 15.0 Å². The molecule has 0 atom stereocenters. The molecule has 26 heavy (non-hydrogen) atoms. The van der Waals surface area contributed by atoms with Crippen molar-refractivity contribution in [1.82, 2.24) is 15.0 Å². The molecule has 0 spiro atoms. The molecule has 7 heteroatoms. The van der Waals surface area contributed by atoms with E-state index in [2.05, 4.69) is 20.3 Å². The monoisotopic (exact) mass is 380 g/mol. The van der Waals surface area contributed by atoms with Gasteiger partial charge in [-0.1, -0.05) is 23.2 Å². The molecule has 0 bridgehead atoms. The number of nitrogens with zero attached hydrogens (tertiary/aromatic N) is 3. The highest BCUT2D eigenvalue weighted by atomic mass is 35.5. The summed E-state index contributed by atoms with van der Waals surface area (Å²) >= 11 is 12.3. The van der Waals surface area contributed by atoms with Crippen LogP contribution in [0.2, 0.25) is 10.0 Å². The number of hydrogen-bond acceptors (Lipinski definition) is 5. The lowest BCUT2D eigenvalue weighted by molar-refractivity contribution is 0.480. The minimum atomic E-state index is 0.546. The van der Waals surface area contributed by atoms with Gasteiger partial charge < -0.3 is 10.1 Å². The molecule has 5 nitrogen and oxygen atoms in total. The van der Waals surface area contributed by atoms with E-state index in [0.29, 0.717) is 38.6 Å². The van der Waals surface area contributed by atoms with E-state index in [1.54, 1.807) is 30.6 Å². The first-order valence-electron chi connectivity index (χ1n) is 7.84. The first kappa shape index (κ1) is 15.4. The Morgan fingerprint density at radius 2 is 1.88 bits per heavy atom. The van der Waals surface area contributed by atoms with Gasteiger partial charge in [-0.3, -0.25) is 4.98 Å². The third-order valence-corrected chi connectivity index (χ3v) is 4.66. The second-order valence-electron chi connectivity index (χ2n) is 5.77. The molecule has 3 aromatic heterocycles. The second-order valence-corrected chi connectivity index (χ2v) is 6.61. The number of halogens is 2. The van der Waals surface area contributed by atoms with Gasteiger partial charge in [-0.15, -0.1) is 0 Å². The molecule has 0 radical (unpaired) electrons. The minimum Gasteiger partial charge on any atom is -0.451 e. The van der Waals surface area contributed by atoms with Gasteiger partial charge in [-0.2, -0.15) is 0 Å². The summed E-state index contributed by atoms with van der Waals surface area (Å²) in [6, 6.07) is 12.8. The van der Waals surface area contributed by atoms with Gasteiger partial charge in [0.15, 0.2) is 17.1 Å². The summed E-state index contributed by atoms with van der Waals surface area (Å²) in [5.74, 6) is 1.29. The van der Waals surface area contributed by atoms with Crippen LogP contribution in [0, 0.1) is 0 Å². The van der Waals surface area contributed by atoms with E-state index in [1.165, 1.54) is 0 Å². The van der Waals surface area contributed by atoms with Gasteiger partial charge in [0.25, 0.3) is 0 Å². The maximum Gasteiger partial charge on any atom is 0.170 e. The summed E-state index contributed by atoms with van der Waals surface area (Å²) < 4.78 is 5.93. The van der Waals surface area contributed by atoms with Crippen LogP contribution >= 0.6 is 23.2 Å². The van der Waals surface area contributed by atoms with Crippen LogP contribution in [0.25, 0.3) is 22.4 Å². The van der Waals surface area contributed by atoms with Crippen molar-refractivity contribution in [3.05, 3.63) is 64.9 Å². The van der Waals surface area contributed by atoms with Crippen LogP contribution in [0.5, 0.6) is 11.5 Å².